The number of carbonyl (C=O) groups excluding carboxylic acids is 1. The van der Waals surface area contributed by atoms with E-state index in [0.29, 0.717) is 6.42 Å². The van der Waals surface area contributed by atoms with Crippen LogP contribution in [0.2, 0.25) is 0 Å². The third kappa shape index (κ3) is 4.68. The van der Waals surface area contributed by atoms with Gasteiger partial charge in [-0.2, -0.15) is 0 Å². The maximum Gasteiger partial charge on any atom is 0.222 e. The van der Waals surface area contributed by atoms with E-state index in [4.69, 9.17) is 0 Å². The van der Waals surface area contributed by atoms with Crippen LogP contribution in [-0.2, 0) is 4.79 Å². The standard InChI is InChI=1S/C22H28N4OS/c1-15-6-11-19(23-13-15)28-22-21(24-14-26(22)5)18-9-7-17(8-10-18)16(2)12-20(27)25(3)4/h6-11,13,16,24H,12,14H2,1-5H3. The van der Waals surface area contributed by atoms with Crippen molar-refractivity contribution in [3.63, 3.8) is 0 Å². The zero-order valence-electron chi connectivity index (χ0n) is 17.2. The minimum absolute atomic E-state index is 0.155. The molecule has 0 radical (unpaired) electrons. The molecule has 0 saturated carbocycles. The molecule has 1 aromatic heterocycles. The normalized spacial score (nSPS) is 14.8. The molecule has 5 nitrogen and oxygen atoms in total. The monoisotopic (exact) mass is 396 g/mol. The lowest BCUT2D eigenvalue weighted by Gasteiger charge is -2.16. The van der Waals surface area contributed by atoms with Crippen LogP contribution in [0.25, 0.3) is 5.70 Å². The van der Waals surface area contributed by atoms with Crippen LogP contribution in [0.15, 0.2) is 52.7 Å². The van der Waals surface area contributed by atoms with Crippen molar-refractivity contribution in [1.29, 1.82) is 0 Å². The molecule has 1 aromatic carbocycles. The zero-order chi connectivity index (χ0) is 20.3. The Morgan fingerprint density at radius 2 is 1.96 bits per heavy atom. The van der Waals surface area contributed by atoms with Crippen LogP contribution in [0.3, 0.4) is 0 Å². The third-order valence-electron chi connectivity index (χ3n) is 4.89. The van der Waals surface area contributed by atoms with E-state index in [0.717, 1.165) is 28.5 Å². The molecule has 1 N–H and O–H groups in total. The van der Waals surface area contributed by atoms with Crippen LogP contribution in [0.1, 0.15) is 36.0 Å². The van der Waals surface area contributed by atoms with Crippen LogP contribution in [0, 0.1) is 6.92 Å². The van der Waals surface area contributed by atoms with Gasteiger partial charge in [-0.3, -0.25) is 4.79 Å². The Bertz CT molecular complexity index is 859. The highest BCUT2D eigenvalue weighted by atomic mass is 32.2. The molecule has 148 valence electrons. The average molecular weight is 397 g/mol. The Morgan fingerprint density at radius 3 is 2.57 bits per heavy atom. The van der Waals surface area contributed by atoms with Crippen LogP contribution in [0.4, 0.5) is 0 Å². The van der Waals surface area contributed by atoms with Crippen molar-refractivity contribution in [2.45, 2.75) is 31.2 Å². The van der Waals surface area contributed by atoms with E-state index in [1.54, 1.807) is 30.8 Å². The second-order valence-corrected chi connectivity index (χ2v) is 8.51. The van der Waals surface area contributed by atoms with Gasteiger partial charge in [0.05, 0.1) is 12.4 Å². The minimum Gasteiger partial charge on any atom is -0.365 e. The van der Waals surface area contributed by atoms with E-state index >= 15 is 0 Å². The number of pyridine rings is 1. The number of amides is 1. The predicted octanol–water partition coefficient (Wildman–Crippen LogP) is 3.88. The maximum absolute atomic E-state index is 12.0. The summed E-state index contributed by atoms with van der Waals surface area (Å²) < 4.78 is 0. The molecule has 1 amide bonds. The van der Waals surface area contributed by atoms with Crippen molar-refractivity contribution >= 4 is 23.4 Å². The summed E-state index contributed by atoms with van der Waals surface area (Å²) in [5.74, 6) is 0.352. The molecule has 2 heterocycles. The number of nitrogens with zero attached hydrogens (tertiary/aromatic N) is 3. The molecule has 1 unspecified atom stereocenters. The number of thioether (sulfide) groups is 1. The molecular formula is C22H28N4OS. The predicted molar refractivity (Wildman–Crippen MR) is 116 cm³/mol. The van der Waals surface area contributed by atoms with E-state index in [-0.39, 0.29) is 11.8 Å². The molecular weight excluding hydrogens is 368 g/mol. The quantitative estimate of drug-likeness (QED) is 0.803. The van der Waals surface area contributed by atoms with Gasteiger partial charge in [0.2, 0.25) is 5.91 Å². The summed E-state index contributed by atoms with van der Waals surface area (Å²) in [5.41, 5.74) is 4.61. The van der Waals surface area contributed by atoms with Gasteiger partial charge in [0.15, 0.2) is 0 Å². The average Bonchev–Trinajstić information content (AvgIpc) is 3.04. The fourth-order valence-electron chi connectivity index (χ4n) is 3.04. The first kappa shape index (κ1) is 20.3. The molecule has 0 bridgehead atoms. The largest absolute Gasteiger partial charge is 0.365 e. The summed E-state index contributed by atoms with van der Waals surface area (Å²) in [6.07, 6.45) is 2.42. The second kappa shape index (κ2) is 8.69. The lowest BCUT2D eigenvalue weighted by molar-refractivity contribution is -0.129. The van der Waals surface area contributed by atoms with Gasteiger partial charge in [0.25, 0.3) is 0 Å². The molecule has 6 heteroatoms. The molecule has 2 aromatic rings. The summed E-state index contributed by atoms with van der Waals surface area (Å²) in [4.78, 5) is 20.3. The SMILES string of the molecule is Cc1ccc(SC2=C(c3ccc(C(C)CC(=O)N(C)C)cc3)NCN2C)nc1. The Hall–Kier alpha value is -2.47. The van der Waals surface area contributed by atoms with Gasteiger partial charge < -0.3 is 15.1 Å². The van der Waals surface area contributed by atoms with Crippen molar-refractivity contribution in [3.8, 4) is 0 Å². The van der Waals surface area contributed by atoms with Gasteiger partial charge in [-0.25, -0.2) is 4.98 Å². The van der Waals surface area contributed by atoms with Gasteiger partial charge in [-0.05, 0) is 30.0 Å². The maximum atomic E-state index is 12.0. The number of carbonyl (C=O) groups is 1. The first-order valence-corrected chi connectivity index (χ1v) is 10.3. The van der Waals surface area contributed by atoms with Gasteiger partial charge in [0, 0.05) is 39.3 Å². The van der Waals surface area contributed by atoms with Crippen molar-refractivity contribution in [1.82, 2.24) is 20.1 Å². The molecule has 3 rings (SSSR count). The zero-order valence-corrected chi connectivity index (χ0v) is 18.0. The number of nitrogens with one attached hydrogen (secondary N) is 1. The molecule has 28 heavy (non-hydrogen) atoms. The topological polar surface area (TPSA) is 48.5 Å². The number of hydrogen-bond donors (Lipinski definition) is 1. The Balaban J connectivity index is 1.79. The lowest BCUT2D eigenvalue weighted by atomic mass is 9.96. The van der Waals surface area contributed by atoms with Crippen molar-refractivity contribution in [3.05, 3.63) is 64.3 Å². The van der Waals surface area contributed by atoms with E-state index in [9.17, 15) is 4.79 Å². The minimum atomic E-state index is 0.155. The fraction of sp³-hybridized carbons (Fsp3) is 0.364. The summed E-state index contributed by atoms with van der Waals surface area (Å²) in [7, 11) is 5.68. The molecule has 1 aliphatic heterocycles. The molecule has 1 atom stereocenters. The summed E-state index contributed by atoms with van der Waals surface area (Å²) in [6, 6.07) is 12.7. The van der Waals surface area contributed by atoms with E-state index in [1.165, 1.54) is 10.6 Å². The third-order valence-corrected chi connectivity index (χ3v) is 6.05. The number of hydrogen-bond acceptors (Lipinski definition) is 5. The molecule has 1 aliphatic rings. The highest BCUT2D eigenvalue weighted by molar-refractivity contribution is 8.03. The van der Waals surface area contributed by atoms with Crippen LogP contribution < -0.4 is 5.32 Å². The molecule has 0 fully saturated rings. The van der Waals surface area contributed by atoms with Crippen molar-refractivity contribution in [2.75, 3.05) is 27.8 Å². The number of benzene rings is 1. The van der Waals surface area contributed by atoms with Crippen molar-refractivity contribution in [2.24, 2.45) is 0 Å². The van der Waals surface area contributed by atoms with Crippen molar-refractivity contribution < 1.29 is 4.79 Å². The molecule has 0 spiro atoms. The van der Waals surface area contributed by atoms with Crippen LogP contribution >= 0.6 is 11.8 Å². The molecule has 0 aliphatic carbocycles. The van der Waals surface area contributed by atoms with Gasteiger partial charge >= 0.3 is 0 Å². The second-order valence-electron chi connectivity index (χ2n) is 7.50. The lowest BCUT2D eigenvalue weighted by Crippen LogP contribution is -2.23. The fourth-order valence-corrected chi connectivity index (χ4v) is 4.00. The first-order valence-electron chi connectivity index (χ1n) is 9.45. The smallest absolute Gasteiger partial charge is 0.222 e. The summed E-state index contributed by atoms with van der Waals surface area (Å²) >= 11 is 1.67. The number of aryl methyl sites for hydroxylation is 1. The number of aromatic nitrogens is 1. The van der Waals surface area contributed by atoms with Gasteiger partial charge in [-0.1, -0.05) is 49.0 Å². The Labute approximate surface area is 171 Å². The highest BCUT2D eigenvalue weighted by Gasteiger charge is 2.22. The summed E-state index contributed by atoms with van der Waals surface area (Å²) in [6.45, 7) is 4.92. The first-order chi connectivity index (χ1) is 13.3. The van der Waals surface area contributed by atoms with Gasteiger partial charge in [-0.15, -0.1) is 0 Å². The van der Waals surface area contributed by atoms with E-state index in [2.05, 4.69) is 65.6 Å². The highest BCUT2D eigenvalue weighted by Crippen LogP contribution is 2.35. The summed E-state index contributed by atoms with van der Waals surface area (Å²) in [5, 5.41) is 5.65. The van der Waals surface area contributed by atoms with E-state index in [1.807, 2.05) is 13.1 Å². The van der Waals surface area contributed by atoms with Crippen LogP contribution in [0.5, 0.6) is 0 Å². The van der Waals surface area contributed by atoms with Gasteiger partial charge in [0.1, 0.15) is 10.1 Å². The Morgan fingerprint density at radius 1 is 1.25 bits per heavy atom. The molecule has 0 saturated heterocycles. The van der Waals surface area contributed by atoms with Crippen LogP contribution in [-0.4, -0.2) is 48.5 Å². The number of rotatable bonds is 6. The van der Waals surface area contributed by atoms with E-state index < -0.39 is 0 Å². The Kier molecular flexibility index (Phi) is 6.29.